The van der Waals surface area contributed by atoms with Gasteiger partial charge < -0.3 is 14.2 Å². The first-order valence-electron chi connectivity index (χ1n) is 6.00. The minimum Gasteiger partial charge on any atom is -0.491 e. The van der Waals surface area contributed by atoms with Crippen molar-refractivity contribution in [1.82, 2.24) is 0 Å². The molecule has 0 radical (unpaired) electrons. The van der Waals surface area contributed by atoms with Gasteiger partial charge in [-0.2, -0.15) is 0 Å². The third-order valence-corrected chi connectivity index (χ3v) is 2.78. The van der Waals surface area contributed by atoms with Gasteiger partial charge in [-0.3, -0.25) is 4.79 Å². The Labute approximate surface area is 107 Å². The van der Waals surface area contributed by atoms with E-state index in [9.17, 15) is 4.79 Å². The molecule has 0 saturated carbocycles. The van der Waals surface area contributed by atoms with Crippen LogP contribution < -0.4 is 9.47 Å². The summed E-state index contributed by atoms with van der Waals surface area (Å²) in [6, 6.07) is 5.31. The van der Waals surface area contributed by atoms with Gasteiger partial charge in [0.1, 0.15) is 23.7 Å². The highest BCUT2D eigenvalue weighted by atomic mass is 16.5. The summed E-state index contributed by atoms with van der Waals surface area (Å²) in [7, 11) is 1.63. The molecular weight excluding hydrogens is 232 g/mol. The number of hydrogen-bond acceptors (Lipinski definition) is 4. The summed E-state index contributed by atoms with van der Waals surface area (Å²) >= 11 is 0. The molecule has 18 heavy (non-hydrogen) atoms. The van der Waals surface area contributed by atoms with Crippen LogP contribution in [0.3, 0.4) is 0 Å². The lowest BCUT2D eigenvalue weighted by Crippen LogP contribution is -2.35. The predicted molar refractivity (Wildman–Crippen MR) is 67.5 cm³/mol. The van der Waals surface area contributed by atoms with E-state index >= 15 is 0 Å². The van der Waals surface area contributed by atoms with Gasteiger partial charge in [-0.15, -0.1) is 0 Å². The molecule has 0 N–H and O–H groups in total. The van der Waals surface area contributed by atoms with E-state index in [0.29, 0.717) is 36.7 Å². The smallest absolute Gasteiger partial charge is 0.170 e. The minimum absolute atomic E-state index is 0.115. The van der Waals surface area contributed by atoms with Crippen LogP contribution in [0.25, 0.3) is 0 Å². The van der Waals surface area contributed by atoms with Crippen LogP contribution in [-0.2, 0) is 4.74 Å². The molecule has 0 unspecified atom stereocenters. The zero-order valence-corrected chi connectivity index (χ0v) is 11.0. The Hall–Kier alpha value is -1.55. The number of carbonyl (C=O) groups excluding carboxylic acids is 1. The van der Waals surface area contributed by atoms with Gasteiger partial charge in [0, 0.05) is 13.2 Å². The number of benzene rings is 1. The molecule has 0 atom stereocenters. The Bertz CT molecular complexity index is 451. The van der Waals surface area contributed by atoms with Crippen molar-refractivity contribution in [2.45, 2.75) is 25.9 Å². The molecule has 2 rings (SSSR count). The molecule has 4 heteroatoms. The molecule has 0 aromatic heterocycles. The molecule has 1 aromatic rings. The summed E-state index contributed by atoms with van der Waals surface area (Å²) in [6.07, 6.45) is 0.407. The maximum absolute atomic E-state index is 11.9. The highest BCUT2D eigenvalue weighted by molar-refractivity contribution is 6.00. The van der Waals surface area contributed by atoms with Gasteiger partial charge in [0.2, 0.25) is 0 Å². The number of hydrogen-bond donors (Lipinski definition) is 0. The quantitative estimate of drug-likeness (QED) is 0.770. The largest absolute Gasteiger partial charge is 0.491 e. The van der Waals surface area contributed by atoms with Gasteiger partial charge in [-0.25, -0.2) is 0 Å². The fraction of sp³-hybridized carbons (Fsp3) is 0.500. The Morgan fingerprint density at radius 1 is 1.33 bits per heavy atom. The standard InChI is InChI=1S/C14H18O4/c1-14(2)9-12(15)11-5-4-10(8-13(11)18-14)17-7-6-16-3/h4-5,8H,6-7,9H2,1-3H3. The fourth-order valence-electron chi connectivity index (χ4n) is 1.97. The molecule has 4 nitrogen and oxygen atoms in total. The molecule has 0 saturated heterocycles. The average molecular weight is 250 g/mol. The molecule has 98 valence electrons. The van der Waals surface area contributed by atoms with E-state index in [1.165, 1.54) is 0 Å². The summed E-state index contributed by atoms with van der Waals surface area (Å²) in [6.45, 7) is 4.83. The molecule has 0 spiro atoms. The van der Waals surface area contributed by atoms with Crippen molar-refractivity contribution < 1.29 is 19.0 Å². The number of ketones is 1. The number of methoxy groups -OCH3 is 1. The van der Waals surface area contributed by atoms with Crippen LogP contribution in [0.1, 0.15) is 30.6 Å². The van der Waals surface area contributed by atoms with E-state index in [-0.39, 0.29) is 5.78 Å². The predicted octanol–water partition coefficient (Wildman–Crippen LogP) is 2.46. The first-order chi connectivity index (χ1) is 8.52. The molecule has 0 aliphatic carbocycles. The van der Waals surface area contributed by atoms with Gasteiger partial charge in [0.25, 0.3) is 0 Å². The molecule has 1 aliphatic heterocycles. The Balaban J connectivity index is 2.18. The third kappa shape index (κ3) is 2.82. The second-order valence-electron chi connectivity index (χ2n) is 4.96. The van der Waals surface area contributed by atoms with Gasteiger partial charge in [-0.05, 0) is 26.0 Å². The van der Waals surface area contributed by atoms with Crippen molar-refractivity contribution in [2.24, 2.45) is 0 Å². The fourth-order valence-corrected chi connectivity index (χ4v) is 1.97. The second kappa shape index (κ2) is 4.98. The van der Waals surface area contributed by atoms with Gasteiger partial charge in [0.15, 0.2) is 5.78 Å². The summed E-state index contributed by atoms with van der Waals surface area (Å²) in [4.78, 5) is 11.9. The summed E-state index contributed by atoms with van der Waals surface area (Å²) in [5.41, 5.74) is 0.184. The van der Waals surface area contributed by atoms with Crippen LogP contribution in [0, 0.1) is 0 Å². The lowest BCUT2D eigenvalue weighted by molar-refractivity contribution is 0.0617. The zero-order chi connectivity index (χ0) is 13.2. The Kier molecular flexibility index (Phi) is 3.57. The topological polar surface area (TPSA) is 44.8 Å². The second-order valence-corrected chi connectivity index (χ2v) is 4.96. The summed E-state index contributed by atoms with van der Waals surface area (Å²) in [5, 5.41) is 0. The summed E-state index contributed by atoms with van der Waals surface area (Å²) in [5.74, 6) is 1.41. The molecule has 1 aromatic carbocycles. The molecule has 0 fully saturated rings. The SMILES string of the molecule is COCCOc1ccc2c(c1)OC(C)(C)CC2=O. The monoisotopic (exact) mass is 250 g/mol. The Morgan fingerprint density at radius 3 is 2.83 bits per heavy atom. The lowest BCUT2D eigenvalue weighted by atomic mass is 9.93. The molecule has 1 heterocycles. The number of rotatable bonds is 4. The molecular formula is C14H18O4. The molecule has 0 bridgehead atoms. The van der Waals surface area contributed by atoms with Gasteiger partial charge in [-0.1, -0.05) is 0 Å². The maximum atomic E-state index is 11.9. The van der Waals surface area contributed by atoms with Crippen LogP contribution in [0.4, 0.5) is 0 Å². The van der Waals surface area contributed by atoms with Crippen molar-refractivity contribution in [3.8, 4) is 11.5 Å². The van der Waals surface area contributed by atoms with Crippen molar-refractivity contribution >= 4 is 5.78 Å². The van der Waals surface area contributed by atoms with E-state index in [1.807, 2.05) is 13.8 Å². The first kappa shape index (κ1) is 12.9. The van der Waals surface area contributed by atoms with E-state index in [4.69, 9.17) is 14.2 Å². The number of fused-ring (bicyclic) bond motifs is 1. The van der Waals surface area contributed by atoms with Crippen molar-refractivity contribution in [2.75, 3.05) is 20.3 Å². The van der Waals surface area contributed by atoms with Crippen LogP contribution in [0.2, 0.25) is 0 Å². The van der Waals surface area contributed by atoms with E-state index in [0.717, 1.165) is 0 Å². The van der Waals surface area contributed by atoms with Crippen molar-refractivity contribution in [1.29, 1.82) is 0 Å². The van der Waals surface area contributed by atoms with Crippen LogP contribution in [-0.4, -0.2) is 31.7 Å². The zero-order valence-electron chi connectivity index (χ0n) is 11.0. The van der Waals surface area contributed by atoms with E-state index < -0.39 is 5.60 Å². The van der Waals surface area contributed by atoms with Gasteiger partial charge in [0.05, 0.1) is 18.6 Å². The van der Waals surface area contributed by atoms with E-state index in [1.54, 1.807) is 25.3 Å². The maximum Gasteiger partial charge on any atom is 0.170 e. The lowest BCUT2D eigenvalue weighted by Gasteiger charge is -2.31. The van der Waals surface area contributed by atoms with Crippen LogP contribution >= 0.6 is 0 Å². The normalized spacial score (nSPS) is 16.9. The number of ether oxygens (including phenoxy) is 3. The molecule has 0 amide bonds. The van der Waals surface area contributed by atoms with Crippen molar-refractivity contribution in [3.63, 3.8) is 0 Å². The average Bonchev–Trinajstić information content (AvgIpc) is 2.27. The Morgan fingerprint density at radius 2 is 2.11 bits per heavy atom. The third-order valence-electron chi connectivity index (χ3n) is 2.78. The highest BCUT2D eigenvalue weighted by Gasteiger charge is 2.32. The summed E-state index contributed by atoms with van der Waals surface area (Å²) < 4.78 is 16.2. The number of Topliss-reactive ketones (excluding diaryl/α,β-unsaturated/α-hetero) is 1. The van der Waals surface area contributed by atoms with E-state index in [2.05, 4.69) is 0 Å². The highest BCUT2D eigenvalue weighted by Crippen LogP contribution is 2.35. The van der Waals surface area contributed by atoms with Crippen LogP contribution in [0.5, 0.6) is 11.5 Å². The molecule has 1 aliphatic rings. The minimum atomic E-state index is -0.449. The van der Waals surface area contributed by atoms with Gasteiger partial charge >= 0.3 is 0 Å². The van der Waals surface area contributed by atoms with Crippen molar-refractivity contribution in [3.05, 3.63) is 23.8 Å². The van der Waals surface area contributed by atoms with Crippen LogP contribution in [0.15, 0.2) is 18.2 Å². The first-order valence-corrected chi connectivity index (χ1v) is 6.00. The number of carbonyl (C=O) groups is 1.